The van der Waals surface area contributed by atoms with Crippen molar-refractivity contribution in [3.05, 3.63) is 12.2 Å². The molecule has 6 nitrogen and oxygen atoms in total. The fourth-order valence-corrected chi connectivity index (χ4v) is 3.73. The first-order valence-corrected chi connectivity index (χ1v) is 7.90. The van der Waals surface area contributed by atoms with Crippen LogP contribution in [0.15, 0.2) is 12.2 Å². The summed E-state index contributed by atoms with van der Waals surface area (Å²) in [6.45, 7) is 0.0498. The Kier molecular flexibility index (Phi) is 4.31. The quantitative estimate of drug-likeness (QED) is 0.335. The summed E-state index contributed by atoms with van der Waals surface area (Å²) in [5, 5.41) is 0. The van der Waals surface area contributed by atoms with Crippen molar-refractivity contribution in [2.45, 2.75) is 42.4 Å². The van der Waals surface area contributed by atoms with Gasteiger partial charge in [-0.15, -0.1) is 0 Å². The summed E-state index contributed by atoms with van der Waals surface area (Å²) in [6, 6.07) is 0. The zero-order valence-corrected chi connectivity index (χ0v) is 12.5. The van der Waals surface area contributed by atoms with Crippen LogP contribution >= 0.6 is 0 Å². The summed E-state index contributed by atoms with van der Waals surface area (Å²) in [7, 11) is -5.02. The molecule has 22 heavy (non-hydrogen) atoms. The molecule has 0 N–H and O–H groups in total. The maximum Gasteiger partial charge on any atom is 0.523 e. The number of ether oxygens (including phenoxy) is 2. The number of carbonyl (C=O) groups is 1. The van der Waals surface area contributed by atoms with Crippen molar-refractivity contribution in [1.29, 1.82) is 0 Å². The van der Waals surface area contributed by atoms with Crippen LogP contribution in [0.25, 0.3) is 0 Å². The summed E-state index contributed by atoms with van der Waals surface area (Å²) >= 11 is 0. The maximum absolute atomic E-state index is 12.7. The van der Waals surface area contributed by atoms with Crippen LogP contribution in [0.4, 0.5) is 13.2 Å². The highest BCUT2D eigenvalue weighted by atomic mass is 32.2. The van der Waals surface area contributed by atoms with Gasteiger partial charge in [-0.1, -0.05) is 12.2 Å². The third-order valence-electron chi connectivity index (χ3n) is 3.97. The Morgan fingerprint density at radius 3 is 2.45 bits per heavy atom. The number of carbonyl (C=O) groups excluding carboxylic acids is 1. The summed E-state index contributed by atoms with van der Waals surface area (Å²) in [4.78, 5) is 12.1. The molecule has 2 rings (SSSR count). The molecule has 1 aliphatic carbocycles. The number of halogens is 3. The van der Waals surface area contributed by atoms with Gasteiger partial charge < -0.3 is 9.47 Å². The zero-order chi connectivity index (χ0) is 16.6. The third kappa shape index (κ3) is 2.52. The van der Waals surface area contributed by atoms with Gasteiger partial charge in [-0.25, -0.2) is 8.98 Å². The van der Waals surface area contributed by atoms with Crippen molar-refractivity contribution in [2.75, 3.05) is 13.7 Å². The number of esters is 1. The smallest absolute Gasteiger partial charge is 0.467 e. The fraction of sp³-hybridized carbons (Fsp3) is 0.750. The topological polar surface area (TPSA) is 78.9 Å². The largest absolute Gasteiger partial charge is 0.523 e. The van der Waals surface area contributed by atoms with E-state index in [1.165, 1.54) is 0 Å². The average Bonchev–Trinajstić information content (AvgIpc) is 2.76. The Hall–Kier alpha value is -1.13. The molecule has 1 aliphatic heterocycles. The van der Waals surface area contributed by atoms with Crippen molar-refractivity contribution in [3.8, 4) is 0 Å². The van der Waals surface area contributed by atoms with E-state index < -0.39 is 32.8 Å². The van der Waals surface area contributed by atoms with E-state index in [-0.39, 0.29) is 32.3 Å². The minimum absolute atomic E-state index is 0.0498. The van der Waals surface area contributed by atoms with Crippen LogP contribution in [0.1, 0.15) is 25.7 Å². The highest BCUT2D eigenvalue weighted by Crippen LogP contribution is 2.50. The van der Waals surface area contributed by atoms with Gasteiger partial charge in [-0.3, -0.25) is 0 Å². The molecule has 0 radical (unpaired) electrons. The van der Waals surface area contributed by atoms with Gasteiger partial charge >= 0.3 is 21.6 Å². The van der Waals surface area contributed by atoms with Gasteiger partial charge in [0.25, 0.3) is 0 Å². The molecule has 0 bridgehead atoms. The van der Waals surface area contributed by atoms with Crippen LogP contribution in [0.5, 0.6) is 0 Å². The van der Waals surface area contributed by atoms with E-state index in [1.807, 2.05) is 0 Å². The molecule has 1 saturated carbocycles. The van der Waals surface area contributed by atoms with Gasteiger partial charge in [-0.05, 0) is 25.7 Å². The molecular formula is C12H15F3O6S. The minimum atomic E-state index is -5.97. The Labute approximate surface area is 125 Å². The lowest BCUT2D eigenvalue weighted by Gasteiger charge is -2.43. The van der Waals surface area contributed by atoms with E-state index in [9.17, 15) is 26.4 Å². The second-order valence-electron chi connectivity index (χ2n) is 5.14. The summed E-state index contributed by atoms with van der Waals surface area (Å²) in [5.74, 6) is -1.19. The Bertz CT molecular complexity index is 584. The summed E-state index contributed by atoms with van der Waals surface area (Å²) in [5.41, 5.74) is -9.45. The van der Waals surface area contributed by atoms with Crippen molar-refractivity contribution in [3.63, 3.8) is 0 Å². The van der Waals surface area contributed by atoms with E-state index in [2.05, 4.69) is 8.92 Å². The van der Waals surface area contributed by atoms with Crippen molar-refractivity contribution < 1.29 is 40.0 Å². The number of rotatable bonds is 3. The molecule has 0 saturated heterocycles. The molecule has 1 spiro atoms. The first kappa shape index (κ1) is 17.2. The van der Waals surface area contributed by atoms with Crippen LogP contribution in [-0.2, 0) is 28.6 Å². The summed E-state index contributed by atoms with van der Waals surface area (Å²) < 4.78 is 75.3. The molecular weight excluding hydrogens is 329 g/mol. The van der Waals surface area contributed by atoms with Crippen LogP contribution in [0.2, 0.25) is 0 Å². The Morgan fingerprint density at radius 2 is 1.95 bits per heavy atom. The number of alkyl halides is 3. The maximum atomic E-state index is 12.7. The number of hydrogen-bond acceptors (Lipinski definition) is 6. The van der Waals surface area contributed by atoms with Gasteiger partial charge in [-0.2, -0.15) is 21.6 Å². The Morgan fingerprint density at radius 1 is 1.27 bits per heavy atom. The lowest BCUT2D eigenvalue weighted by molar-refractivity contribution is -0.193. The molecule has 0 aromatic rings. The van der Waals surface area contributed by atoms with E-state index in [0.717, 1.165) is 7.11 Å². The van der Waals surface area contributed by atoms with E-state index in [1.54, 1.807) is 12.2 Å². The number of hydrogen-bond donors (Lipinski definition) is 0. The molecule has 126 valence electrons. The molecule has 0 aromatic carbocycles. The van der Waals surface area contributed by atoms with Gasteiger partial charge in [0.05, 0.1) is 13.7 Å². The molecule has 10 heteroatoms. The molecule has 2 atom stereocenters. The molecule has 2 aliphatic rings. The van der Waals surface area contributed by atoms with E-state index >= 15 is 0 Å². The van der Waals surface area contributed by atoms with E-state index in [0.29, 0.717) is 0 Å². The van der Waals surface area contributed by atoms with Crippen LogP contribution in [-0.4, -0.2) is 44.8 Å². The van der Waals surface area contributed by atoms with Crippen LogP contribution < -0.4 is 0 Å². The lowest BCUT2D eigenvalue weighted by atomic mass is 9.82. The van der Waals surface area contributed by atoms with Gasteiger partial charge in [0.15, 0.2) is 0 Å². The Balaban J connectivity index is 2.50. The van der Waals surface area contributed by atoms with Gasteiger partial charge in [0, 0.05) is 0 Å². The molecule has 0 amide bonds. The lowest BCUT2D eigenvalue weighted by Crippen LogP contribution is -2.61. The highest BCUT2D eigenvalue weighted by Gasteiger charge is 2.67. The minimum Gasteiger partial charge on any atom is -0.467 e. The first-order chi connectivity index (χ1) is 10.1. The zero-order valence-electron chi connectivity index (χ0n) is 11.7. The van der Waals surface area contributed by atoms with Crippen LogP contribution in [0, 0.1) is 0 Å². The van der Waals surface area contributed by atoms with Gasteiger partial charge in [0.2, 0.25) is 5.60 Å². The molecule has 2 unspecified atom stereocenters. The second-order valence-corrected chi connectivity index (χ2v) is 6.67. The van der Waals surface area contributed by atoms with Crippen LogP contribution in [0.3, 0.4) is 0 Å². The SMILES string of the molecule is COC(=O)C1(OS(=O)(=O)C(F)(F)F)CCCC12CC=CCO2. The van der Waals surface area contributed by atoms with Gasteiger partial charge in [0.1, 0.15) is 5.60 Å². The molecule has 1 fully saturated rings. The predicted octanol–water partition coefficient (Wildman–Crippen LogP) is 1.66. The van der Waals surface area contributed by atoms with Crippen molar-refractivity contribution in [2.24, 2.45) is 0 Å². The standard InChI is InChI=1S/C12H15F3O6S/c1-19-9(16)11(21-22(17,18)12(13,14)15)7-4-6-10(11)5-2-3-8-20-10/h2-3H,4-8H2,1H3. The van der Waals surface area contributed by atoms with Crippen molar-refractivity contribution >= 4 is 16.1 Å². The normalized spacial score (nSPS) is 32.4. The fourth-order valence-electron chi connectivity index (χ4n) is 2.96. The average molecular weight is 344 g/mol. The third-order valence-corrected chi connectivity index (χ3v) is 5.04. The molecule has 1 heterocycles. The monoisotopic (exact) mass is 344 g/mol. The predicted molar refractivity (Wildman–Crippen MR) is 67.1 cm³/mol. The summed E-state index contributed by atoms with van der Waals surface area (Å²) in [6.07, 6.45) is 3.55. The van der Waals surface area contributed by atoms with Crippen molar-refractivity contribution in [1.82, 2.24) is 0 Å². The molecule has 0 aromatic heterocycles. The number of methoxy groups -OCH3 is 1. The second kappa shape index (κ2) is 5.50. The van der Waals surface area contributed by atoms with E-state index in [4.69, 9.17) is 4.74 Å². The first-order valence-electron chi connectivity index (χ1n) is 6.49. The highest BCUT2D eigenvalue weighted by molar-refractivity contribution is 7.87.